The Bertz CT molecular complexity index is 653. The zero-order chi connectivity index (χ0) is 17.5. The standard InChI is InChI=1S/C15H24BrN3O3S.HI/c1-11(7-8-23(4,20)21)19-15(17-2)18-10-12-9-13(16)5-6-14(12)22-3;/h5-6,9,11H,7-8,10H2,1-4H3,(H2,17,18,19);1H. The van der Waals surface area contributed by atoms with Crippen LogP contribution in [-0.4, -0.2) is 46.6 Å². The molecule has 138 valence electrons. The van der Waals surface area contributed by atoms with E-state index in [0.717, 1.165) is 15.8 Å². The Labute approximate surface area is 169 Å². The van der Waals surface area contributed by atoms with Gasteiger partial charge in [0.05, 0.1) is 12.9 Å². The van der Waals surface area contributed by atoms with Crippen LogP contribution >= 0.6 is 39.9 Å². The van der Waals surface area contributed by atoms with Crippen molar-refractivity contribution in [2.45, 2.75) is 25.9 Å². The molecule has 0 heterocycles. The predicted octanol–water partition coefficient (Wildman–Crippen LogP) is 2.56. The number of methoxy groups -OCH3 is 1. The highest BCUT2D eigenvalue weighted by Crippen LogP contribution is 2.22. The van der Waals surface area contributed by atoms with Gasteiger partial charge < -0.3 is 15.4 Å². The molecule has 0 bridgehead atoms. The van der Waals surface area contributed by atoms with Gasteiger partial charge in [-0.15, -0.1) is 24.0 Å². The quantitative estimate of drug-likeness (QED) is 0.320. The van der Waals surface area contributed by atoms with E-state index in [1.165, 1.54) is 6.26 Å². The SMILES string of the molecule is CN=C(NCc1cc(Br)ccc1OC)NC(C)CCS(C)(=O)=O.I. The molecule has 1 rings (SSSR count). The minimum atomic E-state index is -2.95. The van der Waals surface area contributed by atoms with E-state index >= 15 is 0 Å². The lowest BCUT2D eigenvalue weighted by Crippen LogP contribution is -2.42. The summed E-state index contributed by atoms with van der Waals surface area (Å²) >= 11 is 3.44. The molecule has 0 radical (unpaired) electrons. The van der Waals surface area contributed by atoms with Gasteiger partial charge in [0.15, 0.2) is 5.96 Å². The van der Waals surface area contributed by atoms with Crippen LogP contribution < -0.4 is 15.4 Å². The van der Waals surface area contributed by atoms with E-state index in [-0.39, 0.29) is 35.8 Å². The summed E-state index contributed by atoms with van der Waals surface area (Å²) in [5.41, 5.74) is 0.994. The lowest BCUT2D eigenvalue weighted by Gasteiger charge is -2.18. The van der Waals surface area contributed by atoms with E-state index in [1.54, 1.807) is 14.2 Å². The van der Waals surface area contributed by atoms with Crippen LogP contribution in [0, 0.1) is 0 Å². The van der Waals surface area contributed by atoms with E-state index in [4.69, 9.17) is 4.74 Å². The van der Waals surface area contributed by atoms with Crippen LogP contribution in [-0.2, 0) is 16.4 Å². The molecule has 0 aliphatic rings. The van der Waals surface area contributed by atoms with E-state index in [1.807, 2.05) is 25.1 Å². The summed E-state index contributed by atoms with van der Waals surface area (Å²) in [6.45, 7) is 2.47. The Morgan fingerprint density at radius 1 is 1.42 bits per heavy atom. The number of nitrogens with one attached hydrogen (secondary N) is 2. The maximum Gasteiger partial charge on any atom is 0.191 e. The molecule has 1 unspecified atom stereocenters. The van der Waals surface area contributed by atoms with E-state index in [0.29, 0.717) is 18.9 Å². The monoisotopic (exact) mass is 533 g/mol. The average Bonchev–Trinajstić information content (AvgIpc) is 2.48. The number of hydrogen-bond acceptors (Lipinski definition) is 4. The largest absolute Gasteiger partial charge is 0.496 e. The Morgan fingerprint density at radius 2 is 2.08 bits per heavy atom. The van der Waals surface area contributed by atoms with E-state index < -0.39 is 9.84 Å². The summed E-state index contributed by atoms with van der Waals surface area (Å²) < 4.78 is 28.7. The van der Waals surface area contributed by atoms with Crippen molar-refractivity contribution in [3.8, 4) is 5.75 Å². The lowest BCUT2D eigenvalue weighted by atomic mass is 10.2. The molecule has 1 aromatic carbocycles. The molecule has 9 heteroatoms. The highest BCUT2D eigenvalue weighted by molar-refractivity contribution is 14.0. The number of halogens is 2. The Hall–Kier alpha value is -0.550. The Morgan fingerprint density at radius 3 is 2.62 bits per heavy atom. The Balaban J connectivity index is 0.00000529. The van der Waals surface area contributed by atoms with Crippen molar-refractivity contribution in [3.63, 3.8) is 0 Å². The van der Waals surface area contributed by atoms with Crippen molar-refractivity contribution < 1.29 is 13.2 Å². The number of hydrogen-bond donors (Lipinski definition) is 2. The highest BCUT2D eigenvalue weighted by atomic mass is 127. The zero-order valence-electron chi connectivity index (χ0n) is 14.3. The molecule has 24 heavy (non-hydrogen) atoms. The molecule has 0 saturated carbocycles. The van der Waals surface area contributed by atoms with Crippen LogP contribution in [0.4, 0.5) is 0 Å². The number of nitrogens with zero attached hydrogens (tertiary/aromatic N) is 1. The van der Waals surface area contributed by atoms with Gasteiger partial charge in [-0.25, -0.2) is 8.42 Å². The van der Waals surface area contributed by atoms with Gasteiger partial charge in [-0.3, -0.25) is 4.99 Å². The maximum atomic E-state index is 11.2. The Kier molecular flexibility index (Phi) is 10.9. The number of guanidine groups is 1. The third-order valence-electron chi connectivity index (χ3n) is 3.22. The van der Waals surface area contributed by atoms with Crippen LogP contribution in [0.1, 0.15) is 18.9 Å². The van der Waals surface area contributed by atoms with E-state index in [9.17, 15) is 8.42 Å². The fourth-order valence-corrected chi connectivity index (χ4v) is 3.15. The predicted molar refractivity (Wildman–Crippen MR) is 113 cm³/mol. The first-order valence-electron chi connectivity index (χ1n) is 7.22. The van der Waals surface area contributed by atoms with Crippen LogP contribution in [0.5, 0.6) is 5.75 Å². The number of ether oxygens (including phenoxy) is 1. The van der Waals surface area contributed by atoms with Crippen molar-refractivity contribution in [2.24, 2.45) is 4.99 Å². The summed E-state index contributed by atoms with van der Waals surface area (Å²) in [5.74, 6) is 1.56. The minimum absolute atomic E-state index is 0. The fraction of sp³-hybridized carbons (Fsp3) is 0.533. The smallest absolute Gasteiger partial charge is 0.191 e. The average molecular weight is 534 g/mol. The molecule has 0 amide bonds. The van der Waals surface area contributed by atoms with Gasteiger partial charge in [-0.05, 0) is 31.5 Å². The van der Waals surface area contributed by atoms with Gasteiger partial charge in [0, 0.05) is 35.9 Å². The van der Waals surface area contributed by atoms with Gasteiger partial charge in [0.1, 0.15) is 15.6 Å². The van der Waals surface area contributed by atoms with Crippen molar-refractivity contribution in [2.75, 3.05) is 26.2 Å². The molecule has 6 nitrogen and oxygen atoms in total. The summed E-state index contributed by atoms with van der Waals surface area (Å²) in [6, 6.07) is 5.79. The number of sulfone groups is 1. The first-order valence-corrected chi connectivity index (χ1v) is 10.1. The molecule has 1 aromatic rings. The van der Waals surface area contributed by atoms with Crippen molar-refractivity contribution in [1.29, 1.82) is 0 Å². The first-order chi connectivity index (χ1) is 10.7. The van der Waals surface area contributed by atoms with Gasteiger partial charge >= 0.3 is 0 Å². The molecule has 2 N–H and O–H groups in total. The molecule has 0 aromatic heterocycles. The van der Waals surface area contributed by atoms with Crippen molar-refractivity contribution in [3.05, 3.63) is 28.2 Å². The second-order valence-electron chi connectivity index (χ2n) is 5.35. The normalized spacial score (nSPS) is 13.0. The van der Waals surface area contributed by atoms with Crippen LogP contribution in [0.25, 0.3) is 0 Å². The van der Waals surface area contributed by atoms with E-state index in [2.05, 4.69) is 31.6 Å². The maximum absolute atomic E-state index is 11.2. The van der Waals surface area contributed by atoms with Gasteiger partial charge in [-0.1, -0.05) is 15.9 Å². The number of aliphatic imine (C=N–C) groups is 1. The second kappa shape index (κ2) is 11.1. The number of rotatable bonds is 7. The van der Waals surface area contributed by atoms with Gasteiger partial charge in [0.2, 0.25) is 0 Å². The van der Waals surface area contributed by atoms with Gasteiger partial charge in [0.25, 0.3) is 0 Å². The highest BCUT2D eigenvalue weighted by Gasteiger charge is 2.10. The molecular weight excluding hydrogens is 509 g/mol. The molecular formula is C15H25BrIN3O3S. The van der Waals surface area contributed by atoms with Crippen LogP contribution in [0.15, 0.2) is 27.7 Å². The fourth-order valence-electron chi connectivity index (χ4n) is 1.96. The number of benzene rings is 1. The molecule has 0 fully saturated rings. The summed E-state index contributed by atoms with van der Waals surface area (Å²) in [6.07, 6.45) is 1.77. The zero-order valence-corrected chi connectivity index (χ0v) is 19.0. The minimum Gasteiger partial charge on any atom is -0.496 e. The molecule has 0 aliphatic carbocycles. The second-order valence-corrected chi connectivity index (χ2v) is 8.52. The molecule has 0 saturated heterocycles. The molecule has 0 aliphatic heterocycles. The topological polar surface area (TPSA) is 79.8 Å². The van der Waals surface area contributed by atoms with Crippen molar-refractivity contribution >= 4 is 55.7 Å². The summed E-state index contributed by atoms with van der Waals surface area (Å²) in [4.78, 5) is 4.16. The summed E-state index contributed by atoms with van der Waals surface area (Å²) in [7, 11) is 0.357. The third-order valence-corrected chi connectivity index (χ3v) is 4.69. The van der Waals surface area contributed by atoms with Crippen molar-refractivity contribution in [1.82, 2.24) is 10.6 Å². The van der Waals surface area contributed by atoms with Crippen LogP contribution in [0.2, 0.25) is 0 Å². The van der Waals surface area contributed by atoms with Crippen LogP contribution in [0.3, 0.4) is 0 Å². The summed E-state index contributed by atoms with van der Waals surface area (Å²) in [5, 5.41) is 6.39. The third kappa shape index (κ3) is 9.07. The molecule has 0 spiro atoms. The van der Waals surface area contributed by atoms with Gasteiger partial charge in [-0.2, -0.15) is 0 Å². The molecule has 1 atom stereocenters. The lowest BCUT2D eigenvalue weighted by molar-refractivity contribution is 0.409. The first kappa shape index (κ1) is 23.4.